The second-order valence-electron chi connectivity index (χ2n) is 5.32. The molecule has 0 aliphatic carbocycles. The Morgan fingerprint density at radius 2 is 1.81 bits per heavy atom. The number of hydrogen-bond donors (Lipinski definition) is 1. The minimum Gasteiger partial charge on any atom is -0.618 e. The molecule has 136 valence electrons. The summed E-state index contributed by atoms with van der Waals surface area (Å²) in [6, 6.07) is 12.4. The van der Waals surface area contributed by atoms with Gasteiger partial charge in [-0.3, -0.25) is 4.79 Å². The maximum atomic E-state index is 12.0. The normalized spacial score (nSPS) is 11.3. The molecule has 0 saturated carbocycles. The average Bonchev–Trinajstić information content (AvgIpc) is 2.66. The number of ether oxygens (including phenoxy) is 2. The van der Waals surface area contributed by atoms with Gasteiger partial charge in [-0.2, -0.15) is 4.73 Å². The number of hydrogen-bond acceptors (Lipinski definition) is 6. The lowest BCUT2D eigenvalue weighted by molar-refractivity contribution is -0.608. The van der Waals surface area contributed by atoms with E-state index in [0.29, 0.717) is 4.73 Å². The SMILES string of the molecule is COC(=O)[C@@H](Cc1ccccc1)NC(=O)COC(=O)c1cccc[n+]1[O-]. The van der Waals surface area contributed by atoms with Gasteiger partial charge in [0.25, 0.3) is 5.91 Å². The van der Waals surface area contributed by atoms with Crippen molar-refractivity contribution in [2.45, 2.75) is 12.5 Å². The number of carbonyl (C=O) groups is 3. The van der Waals surface area contributed by atoms with Gasteiger partial charge in [-0.05, 0) is 11.6 Å². The molecule has 1 atom stereocenters. The van der Waals surface area contributed by atoms with E-state index in [2.05, 4.69) is 5.32 Å². The van der Waals surface area contributed by atoms with Crippen LogP contribution in [0.15, 0.2) is 54.7 Å². The monoisotopic (exact) mass is 358 g/mol. The van der Waals surface area contributed by atoms with Crippen LogP contribution in [0.4, 0.5) is 0 Å². The Kier molecular flexibility index (Phi) is 6.67. The average molecular weight is 358 g/mol. The molecule has 0 aliphatic heterocycles. The number of rotatable bonds is 7. The van der Waals surface area contributed by atoms with Crippen LogP contribution in [0.5, 0.6) is 0 Å². The molecule has 0 fully saturated rings. The number of nitrogens with zero attached hydrogens (tertiary/aromatic N) is 1. The molecule has 2 aromatic rings. The van der Waals surface area contributed by atoms with E-state index in [4.69, 9.17) is 9.47 Å². The van der Waals surface area contributed by atoms with Crippen LogP contribution in [-0.2, 0) is 25.5 Å². The summed E-state index contributed by atoms with van der Waals surface area (Å²) in [5.41, 5.74) is 0.589. The summed E-state index contributed by atoms with van der Waals surface area (Å²) in [4.78, 5) is 35.7. The molecule has 0 unspecified atom stereocenters. The Morgan fingerprint density at radius 1 is 1.12 bits per heavy atom. The molecule has 2 rings (SSSR count). The van der Waals surface area contributed by atoms with Crippen molar-refractivity contribution in [2.75, 3.05) is 13.7 Å². The van der Waals surface area contributed by atoms with E-state index in [1.165, 1.54) is 25.3 Å². The molecule has 0 bridgehead atoms. The number of esters is 2. The van der Waals surface area contributed by atoms with Crippen LogP contribution < -0.4 is 10.0 Å². The first-order valence-electron chi connectivity index (χ1n) is 7.77. The van der Waals surface area contributed by atoms with Crippen molar-refractivity contribution in [3.8, 4) is 0 Å². The van der Waals surface area contributed by atoms with Gasteiger partial charge in [-0.25, -0.2) is 9.59 Å². The summed E-state index contributed by atoms with van der Waals surface area (Å²) < 4.78 is 9.84. The molecule has 1 amide bonds. The van der Waals surface area contributed by atoms with Crippen LogP contribution in [0, 0.1) is 5.21 Å². The quantitative estimate of drug-likeness (QED) is 0.435. The van der Waals surface area contributed by atoms with Gasteiger partial charge >= 0.3 is 17.6 Å². The Hall–Kier alpha value is -3.42. The first-order valence-corrected chi connectivity index (χ1v) is 7.77. The van der Waals surface area contributed by atoms with Gasteiger partial charge in [-0.15, -0.1) is 0 Å². The summed E-state index contributed by atoms with van der Waals surface area (Å²) >= 11 is 0. The number of methoxy groups -OCH3 is 1. The summed E-state index contributed by atoms with van der Waals surface area (Å²) in [7, 11) is 1.22. The first-order chi connectivity index (χ1) is 12.5. The molecule has 1 heterocycles. The highest BCUT2D eigenvalue weighted by molar-refractivity contribution is 5.89. The van der Waals surface area contributed by atoms with Gasteiger partial charge in [-0.1, -0.05) is 30.3 Å². The standard InChI is InChI=1S/C18H18N2O6/c1-25-17(22)14(11-13-7-3-2-4-8-13)19-16(21)12-26-18(23)15-9-5-6-10-20(15)24/h2-10,14H,11-12H2,1H3,(H,19,21)/t14-/m1/s1. The van der Waals surface area contributed by atoms with Crippen molar-refractivity contribution in [1.82, 2.24) is 5.32 Å². The predicted molar refractivity (Wildman–Crippen MR) is 89.8 cm³/mol. The Bertz CT molecular complexity index is 778. The van der Waals surface area contributed by atoms with E-state index in [-0.39, 0.29) is 12.1 Å². The summed E-state index contributed by atoms with van der Waals surface area (Å²) in [5.74, 6) is -2.24. The number of amides is 1. The number of benzene rings is 1. The number of carbonyl (C=O) groups excluding carboxylic acids is 3. The van der Waals surface area contributed by atoms with Crippen molar-refractivity contribution < 1.29 is 28.6 Å². The zero-order valence-electron chi connectivity index (χ0n) is 14.1. The summed E-state index contributed by atoms with van der Waals surface area (Å²) in [5, 5.41) is 13.9. The molecule has 26 heavy (non-hydrogen) atoms. The molecule has 1 N–H and O–H groups in total. The Labute approximate surface area is 149 Å². The third-order valence-electron chi connectivity index (χ3n) is 3.47. The highest BCUT2D eigenvalue weighted by Crippen LogP contribution is 2.05. The predicted octanol–water partition coefficient (Wildman–Crippen LogP) is 0.377. The van der Waals surface area contributed by atoms with Crippen LogP contribution in [0.3, 0.4) is 0 Å². The minimum atomic E-state index is -0.937. The second kappa shape index (κ2) is 9.16. The first kappa shape index (κ1) is 18.9. The van der Waals surface area contributed by atoms with Gasteiger partial charge in [0.1, 0.15) is 6.04 Å². The fraction of sp³-hybridized carbons (Fsp3) is 0.222. The Morgan fingerprint density at radius 3 is 2.46 bits per heavy atom. The molecule has 0 spiro atoms. The third kappa shape index (κ3) is 5.30. The van der Waals surface area contributed by atoms with Crippen LogP contribution in [0.1, 0.15) is 16.1 Å². The van der Waals surface area contributed by atoms with Crippen LogP contribution in [0.2, 0.25) is 0 Å². The molecular formula is C18H18N2O6. The van der Waals surface area contributed by atoms with Crippen molar-refractivity contribution in [3.63, 3.8) is 0 Å². The summed E-state index contributed by atoms with van der Waals surface area (Å²) in [6.07, 6.45) is 1.37. The van der Waals surface area contributed by atoms with E-state index >= 15 is 0 Å². The lowest BCUT2D eigenvalue weighted by atomic mass is 10.1. The maximum absolute atomic E-state index is 12.0. The highest BCUT2D eigenvalue weighted by atomic mass is 16.5. The Balaban J connectivity index is 1.93. The van der Waals surface area contributed by atoms with Gasteiger partial charge < -0.3 is 20.0 Å². The van der Waals surface area contributed by atoms with Gasteiger partial charge in [0.2, 0.25) is 0 Å². The fourth-order valence-corrected chi connectivity index (χ4v) is 2.21. The molecule has 8 nitrogen and oxygen atoms in total. The fourth-order valence-electron chi connectivity index (χ4n) is 2.21. The minimum absolute atomic E-state index is 0.229. The van der Waals surface area contributed by atoms with Crippen molar-refractivity contribution >= 4 is 17.8 Å². The molecular weight excluding hydrogens is 340 g/mol. The van der Waals surface area contributed by atoms with Gasteiger partial charge in [0, 0.05) is 18.6 Å². The number of nitrogens with one attached hydrogen (secondary N) is 1. The van der Waals surface area contributed by atoms with E-state index in [1.54, 1.807) is 0 Å². The van der Waals surface area contributed by atoms with Crippen LogP contribution in [-0.4, -0.2) is 37.6 Å². The van der Waals surface area contributed by atoms with Crippen molar-refractivity contribution in [2.24, 2.45) is 0 Å². The third-order valence-corrected chi connectivity index (χ3v) is 3.47. The maximum Gasteiger partial charge on any atom is 0.405 e. The summed E-state index contributed by atoms with van der Waals surface area (Å²) in [6.45, 7) is -0.629. The van der Waals surface area contributed by atoms with Gasteiger partial charge in [0.05, 0.1) is 7.11 Å². The van der Waals surface area contributed by atoms with E-state index in [9.17, 15) is 19.6 Å². The molecule has 1 aromatic heterocycles. The van der Waals surface area contributed by atoms with E-state index in [1.807, 2.05) is 30.3 Å². The van der Waals surface area contributed by atoms with E-state index in [0.717, 1.165) is 11.8 Å². The topological polar surface area (TPSA) is 109 Å². The number of pyridine rings is 1. The molecule has 0 aliphatic rings. The van der Waals surface area contributed by atoms with Crippen LogP contribution >= 0.6 is 0 Å². The van der Waals surface area contributed by atoms with Crippen molar-refractivity contribution in [3.05, 3.63) is 71.2 Å². The molecule has 0 radical (unpaired) electrons. The number of aromatic nitrogens is 1. The lowest BCUT2D eigenvalue weighted by Crippen LogP contribution is -2.45. The molecule has 8 heteroatoms. The highest BCUT2D eigenvalue weighted by Gasteiger charge is 2.23. The van der Waals surface area contributed by atoms with Gasteiger partial charge in [0.15, 0.2) is 12.8 Å². The van der Waals surface area contributed by atoms with E-state index < -0.39 is 30.5 Å². The zero-order chi connectivity index (χ0) is 18.9. The van der Waals surface area contributed by atoms with Crippen molar-refractivity contribution in [1.29, 1.82) is 0 Å². The molecule has 1 aromatic carbocycles. The smallest absolute Gasteiger partial charge is 0.405 e. The largest absolute Gasteiger partial charge is 0.618 e. The lowest BCUT2D eigenvalue weighted by Gasteiger charge is -2.16. The zero-order valence-corrected chi connectivity index (χ0v) is 14.1. The van der Waals surface area contributed by atoms with Crippen LogP contribution in [0.25, 0.3) is 0 Å². The second-order valence-corrected chi connectivity index (χ2v) is 5.32. The molecule has 0 saturated heterocycles.